The monoisotopic (exact) mass is 280 g/mol. The van der Waals surface area contributed by atoms with E-state index in [1.54, 1.807) is 0 Å². The summed E-state index contributed by atoms with van der Waals surface area (Å²) < 4.78 is 0. The molecule has 0 amide bonds. The van der Waals surface area contributed by atoms with Gasteiger partial charge in [0.25, 0.3) is 0 Å². The van der Waals surface area contributed by atoms with Gasteiger partial charge >= 0.3 is 0 Å². The van der Waals surface area contributed by atoms with Gasteiger partial charge < -0.3 is 10.0 Å². The smallest absolute Gasteiger partial charge is 0.0702 e. The van der Waals surface area contributed by atoms with Gasteiger partial charge in [-0.25, -0.2) is 0 Å². The molecule has 2 heterocycles. The molecule has 1 unspecified atom stereocenters. The molecule has 104 valence electrons. The van der Waals surface area contributed by atoms with E-state index in [2.05, 4.69) is 9.80 Å². The van der Waals surface area contributed by atoms with Crippen molar-refractivity contribution in [3.8, 4) is 0 Å². The molecule has 0 saturated carbocycles. The first-order valence-corrected chi connectivity index (χ1v) is 7.54. The number of aliphatic hydroxyl groups is 1. The van der Waals surface area contributed by atoms with Crippen molar-refractivity contribution < 1.29 is 5.11 Å². The number of benzene rings is 1. The molecule has 2 aliphatic heterocycles. The Labute approximate surface area is 119 Å². The number of aliphatic hydroxyl groups excluding tert-OH is 1. The van der Waals surface area contributed by atoms with Crippen LogP contribution in [0.4, 0.5) is 5.69 Å². The van der Waals surface area contributed by atoms with Crippen LogP contribution in [0.1, 0.15) is 24.8 Å². The fourth-order valence-corrected chi connectivity index (χ4v) is 3.56. The van der Waals surface area contributed by atoms with Gasteiger partial charge in [-0.15, -0.1) is 0 Å². The number of fused-ring (bicyclic) bond motifs is 1. The van der Waals surface area contributed by atoms with Gasteiger partial charge in [-0.3, -0.25) is 4.90 Å². The van der Waals surface area contributed by atoms with Crippen molar-refractivity contribution in [2.45, 2.75) is 31.9 Å². The molecule has 0 aromatic heterocycles. The lowest BCUT2D eigenvalue weighted by molar-refractivity contribution is 0.272. The lowest BCUT2D eigenvalue weighted by atomic mass is 10.1. The summed E-state index contributed by atoms with van der Waals surface area (Å²) in [7, 11) is 0. The molecule has 1 N–H and O–H groups in total. The number of hydrogen-bond acceptors (Lipinski definition) is 3. The van der Waals surface area contributed by atoms with Crippen molar-refractivity contribution in [3.63, 3.8) is 0 Å². The first kappa shape index (κ1) is 13.2. The van der Waals surface area contributed by atoms with E-state index in [4.69, 9.17) is 11.6 Å². The Morgan fingerprint density at radius 2 is 2.05 bits per heavy atom. The first-order valence-electron chi connectivity index (χ1n) is 7.16. The van der Waals surface area contributed by atoms with E-state index < -0.39 is 0 Å². The van der Waals surface area contributed by atoms with Crippen LogP contribution >= 0.6 is 11.6 Å². The van der Waals surface area contributed by atoms with Crippen LogP contribution in [0.15, 0.2) is 18.2 Å². The summed E-state index contributed by atoms with van der Waals surface area (Å²) in [6, 6.07) is 6.47. The standard InChI is InChI=1S/C15H21ClN2O/c16-13-5-4-12(11-19)15(9-13)18-8-2-7-17-6-1-3-14(17)10-18/h4-5,9,14,19H,1-3,6-8,10-11H2. The van der Waals surface area contributed by atoms with Crippen molar-refractivity contribution in [3.05, 3.63) is 28.8 Å². The Hall–Kier alpha value is -0.770. The first-order chi connectivity index (χ1) is 9.28. The fraction of sp³-hybridized carbons (Fsp3) is 0.600. The molecular weight excluding hydrogens is 260 g/mol. The predicted molar refractivity (Wildman–Crippen MR) is 78.8 cm³/mol. The normalized spacial score (nSPS) is 24.3. The lowest BCUT2D eigenvalue weighted by Gasteiger charge is -2.29. The summed E-state index contributed by atoms with van der Waals surface area (Å²) in [5, 5.41) is 10.3. The highest BCUT2D eigenvalue weighted by molar-refractivity contribution is 6.30. The minimum absolute atomic E-state index is 0.0807. The summed E-state index contributed by atoms with van der Waals surface area (Å²) in [6.07, 6.45) is 3.81. The number of halogens is 1. The van der Waals surface area contributed by atoms with E-state index >= 15 is 0 Å². The van der Waals surface area contributed by atoms with Crippen molar-refractivity contribution in [1.82, 2.24) is 4.90 Å². The van der Waals surface area contributed by atoms with Crippen LogP contribution in [0.5, 0.6) is 0 Å². The summed E-state index contributed by atoms with van der Waals surface area (Å²) in [5.74, 6) is 0. The van der Waals surface area contributed by atoms with Gasteiger partial charge in [0.1, 0.15) is 0 Å². The van der Waals surface area contributed by atoms with Crippen molar-refractivity contribution >= 4 is 17.3 Å². The van der Waals surface area contributed by atoms with Gasteiger partial charge in [0.05, 0.1) is 6.61 Å². The summed E-state index contributed by atoms with van der Waals surface area (Å²) >= 11 is 6.13. The van der Waals surface area contributed by atoms with E-state index in [-0.39, 0.29) is 6.61 Å². The molecule has 0 spiro atoms. The molecule has 0 radical (unpaired) electrons. The maximum absolute atomic E-state index is 9.52. The molecule has 4 heteroatoms. The molecule has 2 aliphatic rings. The Morgan fingerprint density at radius 3 is 2.89 bits per heavy atom. The third kappa shape index (κ3) is 2.73. The third-order valence-electron chi connectivity index (χ3n) is 4.36. The number of anilines is 1. The molecule has 3 nitrogen and oxygen atoms in total. The van der Waals surface area contributed by atoms with Gasteiger partial charge in [0.15, 0.2) is 0 Å². The minimum atomic E-state index is 0.0807. The second-order valence-corrected chi connectivity index (χ2v) is 6.00. The van der Waals surface area contributed by atoms with Crippen molar-refractivity contribution in [1.29, 1.82) is 0 Å². The topological polar surface area (TPSA) is 26.7 Å². The van der Waals surface area contributed by atoms with Crippen LogP contribution in [0.25, 0.3) is 0 Å². The number of nitrogens with zero attached hydrogens (tertiary/aromatic N) is 2. The Kier molecular flexibility index (Phi) is 3.96. The maximum atomic E-state index is 9.52. The molecular formula is C15H21ClN2O. The zero-order chi connectivity index (χ0) is 13.2. The van der Waals surface area contributed by atoms with E-state index in [1.165, 1.54) is 32.4 Å². The Bertz CT molecular complexity index is 452. The van der Waals surface area contributed by atoms with Crippen LogP contribution in [0.3, 0.4) is 0 Å². The zero-order valence-electron chi connectivity index (χ0n) is 11.2. The number of hydrogen-bond donors (Lipinski definition) is 1. The van der Waals surface area contributed by atoms with E-state index in [0.29, 0.717) is 6.04 Å². The van der Waals surface area contributed by atoms with Crippen LogP contribution < -0.4 is 4.90 Å². The summed E-state index contributed by atoms with van der Waals surface area (Å²) in [5.41, 5.74) is 2.10. The largest absolute Gasteiger partial charge is 0.392 e. The van der Waals surface area contributed by atoms with Crippen LogP contribution in [-0.2, 0) is 6.61 Å². The van der Waals surface area contributed by atoms with Crippen LogP contribution in [-0.4, -0.2) is 42.2 Å². The quantitative estimate of drug-likeness (QED) is 0.902. The maximum Gasteiger partial charge on any atom is 0.0702 e. The predicted octanol–water partition coefficient (Wildman–Crippen LogP) is 2.51. The number of rotatable bonds is 2. The molecule has 19 heavy (non-hydrogen) atoms. The van der Waals surface area contributed by atoms with Crippen LogP contribution in [0.2, 0.25) is 5.02 Å². The van der Waals surface area contributed by atoms with Gasteiger partial charge in [-0.05, 0) is 37.9 Å². The Morgan fingerprint density at radius 1 is 1.21 bits per heavy atom. The molecule has 0 bridgehead atoms. The van der Waals surface area contributed by atoms with Crippen molar-refractivity contribution in [2.75, 3.05) is 31.1 Å². The van der Waals surface area contributed by atoms with E-state index in [1.807, 2.05) is 18.2 Å². The highest BCUT2D eigenvalue weighted by Crippen LogP contribution is 2.29. The average molecular weight is 281 g/mol. The molecule has 2 fully saturated rings. The molecule has 1 aromatic rings. The second kappa shape index (κ2) is 5.70. The van der Waals surface area contributed by atoms with Gasteiger partial charge in [0.2, 0.25) is 0 Å². The third-order valence-corrected chi connectivity index (χ3v) is 4.60. The molecule has 3 rings (SSSR count). The van der Waals surface area contributed by atoms with E-state index in [0.717, 1.165) is 29.4 Å². The lowest BCUT2D eigenvalue weighted by Crippen LogP contribution is -2.37. The van der Waals surface area contributed by atoms with Gasteiger partial charge in [0, 0.05) is 41.9 Å². The van der Waals surface area contributed by atoms with Crippen LogP contribution in [0, 0.1) is 0 Å². The second-order valence-electron chi connectivity index (χ2n) is 5.56. The Balaban J connectivity index is 1.86. The highest BCUT2D eigenvalue weighted by atomic mass is 35.5. The highest BCUT2D eigenvalue weighted by Gasteiger charge is 2.29. The SMILES string of the molecule is OCc1ccc(Cl)cc1N1CCCN2CCCC2C1. The molecule has 1 aromatic carbocycles. The summed E-state index contributed by atoms with van der Waals surface area (Å²) in [4.78, 5) is 5.02. The molecule has 0 aliphatic carbocycles. The molecule has 2 saturated heterocycles. The fourth-order valence-electron chi connectivity index (χ4n) is 3.39. The van der Waals surface area contributed by atoms with Gasteiger partial charge in [-0.1, -0.05) is 17.7 Å². The summed E-state index contributed by atoms with van der Waals surface area (Å²) in [6.45, 7) is 4.65. The molecule has 1 atom stereocenters. The van der Waals surface area contributed by atoms with Gasteiger partial charge in [-0.2, -0.15) is 0 Å². The van der Waals surface area contributed by atoms with E-state index in [9.17, 15) is 5.11 Å². The average Bonchev–Trinajstić information content (AvgIpc) is 2.76. The zero-order valence-corrected chi connectivity index (χ0v) is 11.9. The van der Waals surface area contributed by atoms with Crippen molar-refractivity contribution in [2.24, 2.45) is 0 Å². The minimum Gasteiger partial charge on any atom is -0.392 e.